The number of rotatable bonds is 5. The average molecular weight is 444 g/mol. The van der Waals surface area contributed by atoms with Crippen molar-refractivity contribution in [1.29, 1.82) is 0 Å². The number of hydrogen-bond donors (Lipinski definition) is 3. The van der Waals surface area contributed by atoms with Crippen molar-refractivity contribution in [3.05, 3.63) is 94.5 Å². The minimum absolute atomic E-state index is 0.0639. The van der Waals surface area contributed by atoms with Gasteiger partial charge in [-0.1, -0.05) is 41.9 Å². The number of hydrogen-bond acceptors (Lipinski definition) is 4. The van der Waals surface area contributed by atoms with Crippen LogP contribution in [0.1, 0.15) is 26.3 Å². The second kappa shape index (κ2) is 8.98. The molecular weight excluding hydrogens is 426 g/mol. The van der Waals surface area contributed by atoms with E-state index in [9.17, 15) is 18.0 Å². The average Bonchev–Trinajstić information content (AvgIpc) is 2.72. The Morgan fingerprint density at radius 1 is 0.833 bits per heavy atom. The smallest absolute Gasteiger partial charge is 0.269 e. The molecular formula is C21H18ClN3O4S. The summed E-state index contributed by atoms with van der Waals surface area (Å²) in [4.78, 5) is 24.5. The van der Waals surface area contributed by atoms with Crippen molar-refractivity contribution in [3.63, 3.8) is 0 Å². The lowest BCUT2D eigenvalue weighted by Crippen LogP contribution is -2.41. The van der Waals surface area contributed by atoms with E-state index in [1.165, 1.54) is 30.3 Å². The second-order valence-corrected chi connectivity index (χ2v) is 8.49. The Bertz CT molecular complexity index is 1210. The molecule has 0 saturated heterocycles. The number of benzene rings is 3. The second-order valence-electron chi connectivity index (χ2n) is 6.37. The van der Waals surface area contributed by atoms with Gasteiger partial charge in [0, 0.05) is 16.1 Å². The molecule has 3 N–H and O–H groups in total. The number of carbonyl (C=O) groups is 2. The number of carbonyl (C=O) groups excluding carboxylic acids is 2. The number of hydrazine groups is 1. The summed E-state index contributed by atoms with van der Waals surface area (Å²) in [5, 5.41) is 0.382. The van der Waals surface area contributed by atoms with Gasteiger partial charge in [0.2, 0.25) is 0 Å². The minimum Gasteiger partial charge on any atom is -0.280 e. The van der Waals surface area contributed by atoms with Crippen LogP contribution in [0.4, 0.5) is 5.69 Å². The third-order valence-electron chi connectivity index (χ3n) is 4.16. The molecule has 0 aliphatic rings. The van der Waals surface area contributed by atoms with Gasteiger partial charge in [-0.3, -0.25) is 25.2 Å². The maximum absolute atomic E-state index is 12.6. The number of aryl methyl sites for hydroxylation is 1. The predicted molar refractivity (Wildman–Crippen MR) is 115 cm³/mol. The fourth-order valence-electron chi connectivity index (χ4n) is 2.65. The van der Waals surface area contributed by atoms with Crippen LogP contribution in [-0.4, -0.2) is 20.2 Å². The van der Waals surface area contributed by atoms with Crippen LogP contribution < -0.4 is 15.6 Å². The number of halogens is 1. The molecule has 9 heteroatoms. The Kier molecular flexibility index (Phi) is 6.39. The van der Waals surface area contributed by atoms with Crippen molar-refractivity contribution in [3.8, 4) is 0 Å². The van der Waals surface area contributed by atoms with Gasteiger partial charge in [0.25, 0.3) is 21.8 Å². The Morgan fingerprint density at radius 2 is 1.53 bits per heavy atom. The van der Waals surface area contributed by atoms with Gasteiger partial charge in [0.1, 0.15) is 0 Å². The number of sulfonamides is 1. The molecule has 0 aromatic heterocycles. The molecule has 3 rings (SSSR count). The Labute approximate surface area is 179 Å². The molecule has 0 spiro atoms. The molecule has 3 aromatic carbocycles. The summed E-state index contributed by atoms with van der Waals surface area (Å²) in [6, 6.07) is 18.6. The first-order chi connectivity index (χ1) is 14.3. The SMILES string of the molecule is Cc1ccccc1C(=O)NNC(=O)c1cccc(S(=O)(=O)Nc2cccc(Cl)c2)c1. The van der Waals surface area contributed by atoms with Gasteiger partial charge < -0.3 is 0 Å². The van der Waals surface area contributed by atoms with E-state index < -0.39 is 21.8 Å². The molecule has 2 amide bonds. The van der Waals surface area contributed by atoms with Crippen molar-refractivity contribution in [2.75, 3.05) is 4.72 Å². The monoisotopic (exact) mass is 443 g/mol. The molecule has 0 aliphatic carbocycles. The van der Waals surface area contributed by atoms with E-state index in [4.69, 9.17) is 11.6 Å². The topological polar surface area (TPSA) is 104 Å². The maximum Gasteiger partial charge on any atom is 0.269 e. The first kappa shape index (κ1) is 21.4. The summed E-state index contributed by atoms with van der Waals surface area (Å²) in [6.07, 6.45) is 0. The van der Waals surface area contributed by atoms with Gasteiger partial charge in [-0.2, -0.15) is 0 Å². The summed E-state index contributed by atoms with van der Waals surface area (Å²) in [5.74, 6) is -1.13. The summed E-state index contributed by atoms with van der Waals surface area (Å²) in [7, 11) is -3.94. The highest BCUT2D eigenvalue weighted by molar-refractivity contribution is 7.92. The van der Waals surface area contributed by atoms with Gasteiger partial charge in [-0.25, -0.2) is 8.42 Å². The molecule has 30 heavy (non-hydrogen) atoms. The zero-order valence-corrected chi connectivity index (χ0v) is 17.4. The van der Waals surface area contributed by atoms with Crippen LogP contribution in [0.5, 0.6) is 0 Å². The molecule has 0 radical (unpaired) electrons. The molecule has 0 bridgehead atoms. The van der Waals surface area contributed by atoms with Crippen LogP contribution in [0.2, 0.25) is 5.02 Å². The lowest BCUT2D eigenvalue weighted by molar-refractivity contribution is 0.0846. The first-order valence-electron chi connectivity index (χ1n) is 8.81. The van der Waals surface area contributed by atoms with Crippen LogP contribution >= 0.6 is 11.6 Å². The van der Waals surface area contributed by atoms with Crippen molar-refractivity contribution >= 4 is 39.1 Å². The molecule has 0 fully saturated rings. The van der Waals surface area contributed by atoms with E-state index in [-0.39, 0.29) is 10.5 Å². The molecule has 0 heterocycles. The van der Waals surface area contributed by atoms with E-state index in [1.54, 1.807) is 49.4 Å². The molecule has 0 aliphatic heterocycles. The van der Waals surface area contributed by atoms with Gasteiger partial charge >= 0.3 is 0 Å². The van der Waals surface area contributed by atoms with Crippen LogP contribution in [0, 0.1) is 6.92 Å². The zero-order valence-electron chi connectivity index (χ0n) is 15.8. The zero-order chi connectivity index (χ0) is 21.7. The van der Waals surface area contributed by atoms with Crippen LogP contribution in [0.15, 0.2) is 77.7 Å². The largest absolute Gasteiger partial charge is 0.280 e. The van der Waals surface area contributed by atoms with E-state index in [2.05, 4.69) is 15.6 Å². The highest BCUT2D eigenvalue weighted by Crippen LogP contribution is 2.20. The number of anilines is 1. The Balaban J connectivity index is 1.72. The summed E-state index contributed by atoms with van der Waals surface area (Å²) < 4.78 is 27.6. The minimum atomic E-state index is -3.94. The summed E-state index contributed by atoms with van der Waals surface area (Å²) in [6.45, 7) is 1.78. The lowest BCUT2D eigenvalue weighted by Gasteiger charge is -2.11. The summed E-state index contributed by atoms with van der Waals surface area (Å²) >= 11 is 5.88. The number of nitrogens with one attached hydrogen (secondary N) is 3. The van der Waals surface area contributed by atoms with E-state index in [0.717, 1.165) is 5.56 Å². The molecule has 154 valence electrons. The van der Waals surface area contributed by atoms with Crippen molar-refractivity contribution in [1.82, 2.24) is 10.9 Å². The van der Waals surface area contributed by atoms with Gasteiger partial charge in [0.05, 0.1) is 10.6 Å². The van der Waals surface area contributed by atoms with Crippen molar-refractivity contribution < 1.29 is 18.0 Å². The van der Waals surface area contributed by atoms with Crippen molar-refractivity contribution in [2.45, 2.75) is 11.8 Å². The van der Waals surface area contributed by atoms with Gasteiger partial charge in [-0.05, 0) is 55.0 Å². The van der Waals surface area contributed by atoms with Gasteiger partial charge in [0.15, 0.2) is 0 Å². The highest BCUT2D eigenvalue weighted by atomic mass is 35.5. The van der Waals surface area contributed by atoms with E-state index in [0.29, 0.717) is 16.3 Å². The first-order valence-corrected chi connectivity index (χ1v) is 10.7. The van der Waals surface area contributed by atoms with Gasteiger partial charge in [-0.15, -0.1) is 0 Å². The number of amides is 2. The predicted octanol–water partition coefficient (Wildman–Crippen LogP) is 3.52. The Morgan fingerprint density at radius 3 is 2.27 bits per heavy atom. The fourth-order valence-corrected chi connectivity index (χ4v) is 3.94. The van der Waals surface area contributed by atoms with Crippen LogP contribution in [0.3, 0.4) is 0 Å². The van der Waals surface area contributed by atoms with Crippen LogP contribution in [0.25, 0.3) is 0 Å². The third-order valence-corrected chi connectivity index (χ3v) is 5.78. The Hall–Kier alpha value is -3.36. The van der Waals surface area contributed by atoms with E-state index >= 15 is 0 Å². The third kappa shape index (κ3) is 5.16. The molecule has 7 nitrogen and oxygen atoms in total. The molecule has 0 atom stereocenters. The van der Waals surface area contributed by atoms with Crippen molar-refractivity contribution in [2.24, 2.45) is 0 Å². The molecule has 0 unspecified atom stereocenters. The normalized spacial score (nSPS) is 10.9. The highest BCUT2D eigenvalue weighted by Gasteiger charge is 2.17. The van der Waals surface area contributed by atoms with Crippen LogP contribution in [-0.2, 0) is 10.0 Å². The standard InChI is InChI=1S/C21H18ClN3O4S/c1-14-6-2-3-11-19(14)21(27)24-23-20(26)15-7-4-10-18(12-15)30(28,29)25-17-9-5-8-16(22)13-17/h2-13,25H,1H3,(H,23,26)(H,24,27). The van der Waals surface area contributed by atoms with E-state index in [1.807, 2.05) is 0 Å². The maximum atomic E-state index is 12.6. The quantitative estimate of drug-likeness (QED) is 0.524. The lowest BCUT2D eigenvalue weighted by atomic mass is 10.1. The molecule has 0 saturated carbocycles. The molecule has 3 aromatic rings. The fraction of sp³-hybridized carbons (Fsp3) is 0.0476. The summed E-state index contributed by atoms with van der Waals surface area (Å²) in [5.41, 5.74) is 6.14.